The van der Waals surface area contributed by atoms with Crippen molar-refractivity contribution in [3.05, 3.63) is 23.9 Å². The highest BCUT2D eigenvalue weighted by Gasteiger charge is 2.05. The van der Waals surface area contributed by atoms with Gasteiger partial charge >= 0.3 is 0 Å². The van der Waals surface area contributed by atoms with Crippen LogP contribution in [0.4, 0.5) is 0 Å². The molecule has 2 aromatic heterocycles. The van der Waals surface area contributed by atoms with Crippen molar-refractivity contribution in [2.24, 2.45) is 7.05 Å². The van der Waals surface area contributed by atoms with Gasteiger partial charge in [-0.05, 0) is 33.8 Å². The molecule has 96 valence electrons. The number of aryl methyl sites for hydroxylation is 1. The minimum atomic E-state index is 0.476. The lowest BCUT2D eigenvalue weighted by Crippen LogP contribution is -2.21. The van der Waals surface area contributed by atoms with E-state index in [1.807, 2.05) is 19.3 Å². The Kier molecular flexibility index (Phi) is 4.27. The largest absolute Gasteiger partial charge is 0.310 e. The van der Waals surface area contributed by atoms with E-state index < -0.39 is 0 Å². The molecule has 0 aliphatic carbocycles. The molecule has 7 heteroatoms. The fourth-order valence-corrected chi connectivity index (χ4v) is 1.97. The van der Waals surface area contributed by atoms with Crippen molar-refractivity contribution in [1.29, 1.82) is 0 Å². The van der Waals surface area contributed by atoms with Gasteiger partial charge in [0.15, 0.2) is 0 Å². The molecule has 0 aromatic carbocycles. The van der Waals surface area contributed by atoms with Crippen LogP contribution in [0.25, 0.3) is 0 Å². The maximum atomic E-state index is 4.39. The molecule has 6 nitrogen and oxygen atoms in total. The highest BCUT2D eigenvalue weighted by Crippen LogP contribution is 2.22. The second kappa shape index (κ2) is 5.92. The average Bonchev–Trinajstić information content (AvgIpc) is 2.74. The third kappa shape index (κ3) is 3.51. The first-order valence-corrected chi connectivity index (χ1v) is 6.55. The Morgan fingerprint density at radius 2 is 2.22 bits per heavy atom. The van der Waals surface area contributed by atoms with E-state index in [2.05, 4.69) is 45.7 Å². The highest BCUT2D eigenvalue weighted by atomic mass is 32.2. The van der Waals surface area contributed by atoms with E-state index in [0.717, 1.165) is 16.7 Å². The van der Waals surface area contributed by atoms with Gasteiger partial charge in [0.25, 0.3) is 0 Å². The molecule has 1 N–H and O–H groups in total. The molecule has 2 heterocycles. The zero-order valence-corrected chi connectivity index (χ0v) is 11.5. The van der Waals surface area contributed by atoms with Gasteiger partial charge in [-0.25, -0.2) is 9.67 Å². The number of hydrogen-bond acceptors (Lipinski definition) is 6. The van der Waals surface area contributed by atoms with Crippen molar-refractivity contribution >= 4 is 11.8 Å². The Hall–Kier alpha value is -1.47. The molecule has 0 unspecified atom stereocenters. The Labute approximate surface area is 110 Å². The third-order valence-corrected chi connectivity index (χ3v) is 3.27. The molecule has 0 saturated carbocycles. The van der Waals surface area contributed by atoms with Crippen molar-refractivity contribution in [2.45, 2.75) is 36.6 Å². The zero-order chi connectivity index (χ0) is 13.0. The van der Waals surface area contributed by atoms with Crippen molar-refractivity contribution in [3.63, 3.8) is 0 Å². The van der Waals surface area contributed by atoms with Crippen LogP contribution in [-0.4, -0.2) is 31.2 Å². The number of hydrogen-bond donors (Lipinski definition) is 1. The second-order valence-corrected chi connectivity index (χ2v) is 5.21. The summed E-state index contributed by atoms with van der Waals surface area (Å²) in [6.07, 6.45) is 1.88. The molecule has 2 aromatic rings. The summed E-state index contributed by atoms with van der Waals surface area (Å²) in [5, 5.41) is 16.2. The smallest absolute Gasteiger partial charge is 0.215 e. The third-order valence-electron chi connectivity index (χ3n) is 2.29. The van der Waals surface area contributed by atoms with Gasteiger partial charge in [-0.15, -0.1) is 5.10 Å². The number of pyridine rings is 1. The summed E-state index contributed by atoms with van der Waals surface area (Å²) in [7, 11) is 1.81. The molecule has 0 bridgehead atoms. The average molecular weight is 264 g/mol. The summed E-state index contributed by atoms with van der Waals surface area (Å²) >= 11 is 1.45. The number of tetrazole rings is 1. The molecule has 0 fully saturated rings. The van der Waals surface area contributed by atoms with Gasteiger partial charge in [-0.1, -0.05) is 19.9 Å². The molecule has 0 radical (unpaired) electrons. The quantitative estimate of drug-likeness (QED) is 0.876. The number of aromatic nitrogens is 5. The van der Waals surface area contributed by atoms with Crippen molar-refractivity contribution in [1.82, 2.24) is 30.5 Å². The van der Waals surface area contributed by atoms with E-state index >= 15 is 0 Å². The number of rotatable bonds is 5. The lowest BCUT2D eigenvalue weighted by Gasteiger charge is -2.07. The topological polar surface area (TPSA) is 68.5 Å². The molecule has 0 atom stereocenters. The first kappa shape index (κ1) is 13.0. The van der Waals surface area contributed by atoms with Gasteiger partial charge in [0.2, 0.25) is 5.16 Å². The van der Waals surface area contributed by atoms with Gasteiger partial charge < -0.3 is 5.32 Å². The molecule has 2 rings (SSSR count). The summed E-state index contributed by atoms with van der Waals surface area (Å²) in [4.78, 5) is 4.39. The van der Waals surface area contributed by atoms with Crippen LogP contribution in [0.15, 0.2) is 28.5 Å². The SMILES string of the molecule is CC(C)NCc1ccc(Sc2nnnn2C)nc1. The van der Waals surface area contributed by atoms with Crippen LogP contribution >= 0.6 is 11.8 Å². The predicted octanol–water partition coefficient (Wildman–Crippen LogP) is 1.25. The maximum Gasteiger partial charge on any atom is 0.215 e. The lowest BCUT2D eigenvalue weighted by atomic mass is 10.2. The van der Waals surface area contributed by atoms with Gasteiger partial charge in [-0.2, -0.15) is 0 Å². The van der Waals surface area contributed by atoms with E-state index in [9.17, 15) is 0 Å². The fourth-order valence-electron chi connectivity index (χ4n) is 1.30. The maximum absolute atomic E-state index is 4.39. The van der Waals surface area contributed by atoms with Gasteiger partial charge in [0, 0.05) is 25.8 Å². The molecular weight excluding hydrogens is 248 g/mol. The van der Waals surface area contributed by atoms with Crippen molar-refractivity contribution < 1.29 is 0 Å². The Bertz CT molecular complexity index is 492. The molecule has 0 aliphatic heterocycles. The highest BCUT2D eigenvalue weighted by molar-refractivity contribution is 7.99. The van der Waals surface area contributed by atoms with Crippen molar-refractivity contribution in [2.75, 3.05) is 0 Å². The predicted molar refractivity (Wildman–Crippen MR) is 69.1 cm³/mol. The first-order chi connectivity index (χ1) is 8.65. The Balaban J connectivity index is 1.97. The zero-order valence-electron chi connectivity index (χ0n) is 10.7. The van der Waals surface area contributed by atoms with Crippen LogP contribution in [0.2, 0.25) is 0 Å². The minimum absolute atomic E-state index is 0.476. The molecular formula is C11H16N6S. The van der Waals surface area contributed by atoms with Gasteiger partial charge in [0.05, 0.1) is 0 Å². The van der Waals surface area contributed by atoms with E-state index in [1.54, 1.807) is 4.68 Å². The molecule has 0 spiro atoms. The van der Waals surface area contributed by atoms with Crippen LogP contribution in [0.5, 0.6) is 0 Å². The fraction of sp³-hybridized carbons (Fsp3) is 0.455. The second-order valence-electron chi connectivity index (χ2n) is 4.23. The summed E-state index contributed by atoms with van der Waals surface area (Å²) < 4.78 is 1.63. The lowest BCUT2D eigenvalue weighted by molar-refractivity contribution is 0.587. The molecule has 0 amide bonds. The Morgan fingerprint density at radius 1 is 1.39 bits per heavy atom. The van der Waals surface area contributed by atoms with Gasteiger partial charge in [0.1, 0.15) is 5.03 Å². The first-order valence-electron chi connectivity index (χ1n) is 5.73. The van der Waals surface area contributed by atoms with E-state index in [0.29, 0.717) is 6.04 Å². The summed E-state index contributed by atoms with van der Waals surface area (Å²) in [5.41, 5.74) is 1.17. The van der Waals surface area contributed by atoms with E-state index in [1.165, 1.54) is 17.3 Å². The van der Waals surface area contributed by atoms with E-state index in [-0.39, 0.29) is 0 Å². The van der Waals surface area contributed by atoms with Crippen molar-refractivity contribution in [3.8, 4) is 0 Å². The molecule has 18 heavy (non-hydrogen) atoms. The monoisotopic (exact) mass is 264 g/mol. The van der Waals surface area contributed by atoms with E-state index in [4.69, 9.17) is 0 Å². The Morgan fingerprint density at radius 3 is 2.78 bits per heavy atom. The van der Waals surface area contributed by atoms with Crippen LogP contribution in [0.1, 0.15) is 19.4 Å². The minimum Gasteiger partial charge on any atom is -0.310 e. The van der Waals surface area contributed by atoms with Crippen LogP contribution in [0.3, 0.4) is 0 Å². The summed E-state index contributed by atoms with van der Waals surface area (Å²) in [5.74, 6) is 0. The summed E-state index contributed by atoms with van der Waals surface area (Å²) in [6.45, 7) is 5.08. The molecule has 0 aliphatic rings. The molecule has 0 saturated heterocycles. The normalized spacial score (nSPS) is 11.1. The number of nitrogens with zero attached hydrogens (tertiary/aromatic N) is 5. The van der Waals surface area contributed by atoms with Crippen LogP contribution in [-0.2, 0) is 13.6 Å². The standard InChI is InChI=1S/C11H16N6S/c1-8(2)12-6-9-4-5-10(13-7-9)18-11-14-15-16-17(11)3/h4-5,7-8,12H,6H2,1-3H3. The summed E-state index contributed by atoms with van der Waals surface area (Å²) in [6, 6.07) is 4.52. The van der Waals surface area contributed by atoms with Crippen LogP contribution in [0, 0.1) is 0 Å². The van der Waals surface area contributed by atoms with Gasteiger partial charge in [-0.3, -0.25) is 0 Å². The number of nitrogens with one attached hydrogen (secondary N) is 1. The van der Waals surface area contributed by atoms with Crippen LogP contribution < -0.4 is 5.32 Å².